The van der Waals surface area contributed by atoms with Crippen LogP contribution in [0.2, 0.25) is 0 Å². The van der Waals surface area contributed by atoms with Gasteiger partial charge in [0.2, 0.25) is 5.91 Å². The van der Waals surface area contributed by atoms with Gasteiger partial charge in [0.15, 0.2) is 0 Å². The number of carboxylic acid groups (broad SMARTS) is 1. The summed E-state index contributed by atoms with van der Waals surface area (Å²) in [5.41, 5.74) is -0.361. The third-order valence-corrected chi connectivity index (χ3v) is 1.92. The monoisotopic (exact) mass is 249 g/mol. The van der Waals surface area contributed by atoms with E-state index in [0.717, 1.165) is 12.1 Å². The molecule has 0 radical (unpaired) electrons. The van der Waals surface area contributed by atoms with Crippen molar-refractivity contribution in [3.05, 3.63) is 33.9 Å². The Hall–Kier alpha value is -2.95. The molecule has 1 aromatic carbocycles. The molecule has 0 unspecified atom stereocenters. The summed E-state index contributed by atoms with van der Waals surface area (Å²) in [5, 5.41) is 29.8. The molecule has 2 N–H and O–H groups in total. The minimum absolute atomic E-state index is 0.0364. The number of nitro benzene ring substituents is 1. The highest BCUT2D eigenvalue weighted by Gasteiger charge is 2.14. The first-order chi connectivity index (χ1) is 8.43. The minimum atomic E-state index is -1.31. The van der Waals surface area contributed by atoms with Crippen molar-refractivity contribution in [2.45, 2.75) is 6.42 Å². The van der Waals surface area contributed by atoms with Crippen LogP contribution in [-0.4, -0.2) is 21.9 Å². The molecule has 1 aromatic rings. The number of hydrogen-bond donors (Lipinski definition) is 2. The summed E-state index contributed by atoms with van der Waals surface area (Å²) in [6.45, 7) is 0. The van der Waals surface area contributed by atoms with Crippen LogP contribution in [-0.2, 0) is 9.59 Å². The van der Waals surface area contributed by atoms with Gasteiger partial charge >= 0.3 is 5.97 Å². The Morgan fingerprint density at radius 2 is 2.17 bits per heavy atom. The van der Waals surface area contributed by atoms with Gasteiger partial charge in [-0.05, 0) is 6.07 Å². The molecule has 92 valence electrons. The molecule has 0 aliphatic rings. The molecule has 0 spiro atoms. The maximum Gasteiger partial charge on any atom is 0.312 e. The molecule has 8 nitrogen and oxygen atoms in total. The molecule has 0 fully saturated rings. The van der Waals surface area contributed by atoms with Crippen LogP contribution in [0.3, 0.4) is 0 Å². The number of nitrogens with zero attached hydrogens (tertiary/aromatic N) is 2. The number of nitro groups is 1. The Bertz CT molecular complexity index is 561. The van der Waals surface area contributed by atoms with E-state index >= 15 is 0 Å². The minimum Gasteiger partial charge on any atom is -0.481 e. The number of benzene rings is 1. The van der Waals surface area contributed by atoms with Gasteiger partial charge in [-0.25, -0.2) is 0 Å². The van der Waals surface area contributed by atoms with Crippen molar-refractivity contribution in [3.8, 4) is 6.07 Å². The summed E-state index contributed by atoms with van der Waals surface area (Å²) in [4.78, 5) is 31.3. The molecule has 0 atom stereocenters. The van der Waals surface area contributed by atoms with Gasteiger partial charge in [-0.3, -0.25) is 19.7 Å². The SMILES string of the molecule is N#Cc1cc([N+](=O)[O-])ccc1NC(=O)CC(=O)O. The number of carboxylic acids is 1. The number of carbonyl (C=O) groups is 2. The van der Waals surface area contributed by atoms with Crippen LogP contribution in [0.25, 0.3) is 0 Å². The van der Waals surface area contributed by atoms with Crippen molar-refractivity contribution in [3.63, 3.8) is 0 Å². The van der Waals surface area contributed by atoms with Crippen molar-refractivity contribution in [1.82, 2.24) is 0 Å². The molecule has 0 aliphatic carbocycles. The Kier molecular flexibility index (Phi) is 3.93. The fraction of sp³-hybridized carbons (Fsp3) is 0.100. The second kappa shape index (κ2) is 5.40. The topological polar surface area (TPSA) is 133 Å². The highest BCUT2D eigenvalue weighted by molar-refractivity contribution is 6.02. The third kappa shape index (κ3) is 3.28. The zero-order chi connectivity index (χ0) is 13.7. The van der Waals surface area contributed by atoms with Gasteiger partial charge in [0.25, 0.3) is 5.69 Å². The summed E-state index contributed by atoms with van der Waals surface area (Å²) >= 11 is 0. The Balaban J connectivity index is 2.97. The normalized spacial score (nSPS) is 9.28. The largest absolute Gasteiger partial charge is 0.481 e. The molecule has 0 bridgehead atoms. The zero-order valence-electron chi connectivity index (χ0n) is 8.91. The van der Waals surface area contributed by atoms with Crippen LogP contribution < -0.4 is 5.32 Å². The number of anilines is 1. The molecular weight excluding hydrogens is 242 g/mol. The van der Waals surface area contributed by atoms with Crippen LogP contribution in [0.15, 0.2) is 18.2 Å². The highest BCUT2D eigenvalue weighted by atomic mass is 16.6. The molecule has 0 aliphatic heterocycles. The molecule has 1 rings (SSSR count). The summed E-state index contributed by atoms with van der Waals surface area (Å²) in [6, 6.07) is 4.96. The van der Waals surface area contributed by atoms with Gasteiger partial charge in [-0.1, -0.05) is 0 Å². The van der Waals surface area contributed by atoms with E-state index < -0.39 is 23.2 Å². The number of aliphatic carboxylic acids is 1. The Labute approximate surface area is 101 Å². The number of amides is 1. The second-order valence-corrected chi connectivity index (χ2v) is 3.22. The fourth-order valence-corrected chi connectivity index (χ4v) is 1.18. The van der Waals surface area contributed by atoms with Crippen LogP contribution in [0.5, 0.6) is 0 Å². The first-order valence-corrected chi connectivity index (χ1v) is 4.64. The van der Waals surface area contributed by atoms with Crippen LogP contribution in [0, 0.1) is 21.4 Å². The predicted octanol–water partition coefficient (Wildman–Crippen LogP) is 0.880. The van der Waals surface area contributed by atoms with E-state index in [1.807, 2.05) is 0 Å². The second-order valence-electron chi connectivity index (χ2n) is 3.22. The molecule has 18 heavy (non-hydrogen) atoms. The van der Waals surface area contributed by atoms with Crippen LogP contribution in [0.1, 0.15) is 12.0 Å². The lowest BCUT2D eigenvalue weighted by Crippen LogP contribution is -2.16. The van der Waals surface area contributed by atoms with Gasteiger partial charge < -0.3 is 10.4 Å². The van der Waals surface area contributed by atoms with Gasteiger partial charge in [0.1, 0.15) is 12.5 Å². The standard InChI is InChI=1S/C10H7N3O5/c11-5-6-3-7(13(17)18)1-2-8(6)12-9(14)4-10(15)16/h1-3H,4H2,(H,12,14)(H,15,16). The van der Waals surface area contributed by atoms with E-state index in [1.54, 1.807) is 6.07 Å². The van der Waals surface area contributed by atoms with Crippen LogP contribution in [0.4, 0.5) is 11.4 Å². The maximum atomic E-state index is 11.2. The van der Waals surface area contributed by atoms with Crippen molar-refractivity contribution in [2.75, 3.05) is 5.32 Å². The van der Waals surface area contributed by atoms with E-state index in [1.165, 1.54) is 6.07 Å². The molecule has 0 aromatic heterocycles. The quantitative estimate of drug-likeness (QED) is 0.462. The number of nitrogens with one attached hydrogen (secondary N) is 1. The maximum absolute atomic E-state index is 11.2. The average molecular weight is 249 g/mol. The van der Waals surface area contributed by atoms with Gasteiger partial charge in [-0.2, -0.15) is 5.26 Å². The average Bonchev–Trinajstić information content (AvgIpc) is 2.27. The summed E-state index contributed by atoms with van der Waals surface area (Å²) < 4.78 is 0. The first-order valence-electron chi connectivity index (χ1n) is 4.64. The molecule has 0 heterocycles. The predicted molar refractivity (Wildman–Crippen MR) is 58.7 cm³/mol. The molecule has 0 saturated carbocycles. The van der Waals surface area contributed by atoms with Crippen molar-refractivity contribution in [1.29, 1.82) is 5.26 Å². The zero-order valence-corrected chi connectivity index (χ0v) is 8.91. The number of nitriles is 1. The number of carbonyl (C=O) groups excluding carboxylic acids is 1. The lowest BCUT2D eigenvalue weighted by molar-refractivity contribution is -0.384. The van der Waals surface area contributed by atoms with Gasteiger partial charge in [0.05, 0.1) is 16.2 Å². The Morgan fingerprint density at radius 3 is 2.67 bits per heavy atom. The lowest BCUT2D eigenvalue weighted by atomic mass is 10.1. The number of hydrogen-bond acceptors (Lipinski definition) is 5. The molecule has 8 heteroatoms. The molecular formula is C10H7N3O5. The van der Waals surface area contributed by atoms with E-state index in [9.17, 15) is 19.7 Å². The van der Waals surface area contributed by atoms with E-state index in [2.05, 4.69) is 5.32 Å². The number of rotatable bonds is 4. The first kappa shape index (κ1) is 13.1. The lowest BCUT2D eigenvalue weighted by Gasteiger charge is -2.05. The summed E-state index contributed by atoms with van der Waals surface area (Å²) in [7, 11) is 0. The summed E-state index contributed by atoms with van der Waals surface area (Å²) in [5.74, 6) is -2.12. The van der Waals surface area contributed by atoms with Crippen molar-refractivity contribution >= 4 is 23.3 Å². The summed E-state index contributed by atoms with van der Waals surface area (Å²) in [6.07, 6.45) is -0.748. The Morgan fingerprint density at radius 1 is 1.50 bits per heavy atom. The highest BCUT2D eigenvalue weighted by Crippen LogP contribution is 2.21. The van der Waals surface area contributed by atoms with Gasteiger partial charge in [0, 0.05) is 12.1 Å². The van der Waals surface area contributed by atoms with E-state index in [0.29, 0.717) is 0 Å². The molecule has 0 saturated heterocycles. The fourth-order valence-electron chi connectivity index (χ4n) is 1.18. The van der Waals surface area contributed by atoms with Crippen molar-refractivity contribution in [2.24, 2.45) is 0 Å². The number of non-ortho nitro benzene ring substituents is 1. The smallest absolute Gasteiger partial charge is 0.312 e. The van der Waals surface area contributed by atoms with Gasteiger partial charge in [-0.15, -0.1) is 0 Å². The van der Waals surface area contributed by atoms with Crippen molar-refractivity contribution < 1.29 is 19.6 Å². The third-order valence-electron chi connectivity index (χ3n) is 1.92. The van der Waals surface area contributed by atoms with Crippen LogP contribution >= 0.6 is 0 Å². The van der Waals surface area contributed by atoms with E-state index in [4.69, 9.17) is 10.4 Å². The van der Waals surface area contributed by atoms with E-state index in [-0.39, 0.29) is 16.9 Å². The molecule has 1 amide bonds.